The molecule has 0 bridgehead atoms. The van der Waals surface area contributed by atoms with Crippen molar-refractivity contribution in [3.63, 3.8) is 0 Å². The molecule has 78 valence electrons. The van der Waals surface area contributed by atoms with E-state index in [0.29, 0.717) is 6.61 Å². The highest BCUT2D eigenvalue weighted by Gasteiger charge is 2.17. The number of hydrogen-bond acceptors (Lipinski definition) is 5. The highest BCUT2D eigenvalue weighted by atomic mass is 16.5. The van der Waals surface area contributed by atoms with E-state index in [2.05, 4.69) is 5.32 Å². The van der Waals surface area contributed by atoms with E-state index in [4.69, 9.17) is 14.9 Å². The smallest absolute Gasteiger partial charge is 0.322 e. The van der Waals surface area contributed by atoms with Crippen LogP contribution in [-0.4, -0.2) is 48.1 Å². The van der Waals surface area contributed by atoms with Gasteiger partial charge in [-0.3, -0.25) is 10.1 Å². The molecule has 13 heavy (non-hydrogen) atoms. The number of rotatable bonds is 6. The van der Waals surface area contributed by atoms with E-state index in [0.717, 1.165) is 0 Å². The van der Waals surface area contributed by atoms with E-state index >= 15 is 0 Å². The number of nitrogens with one attached hydrogen (secondary N) is 1. The van der Waals surface area contributed by atoms with Gasteiger partial charge in [-0.2, -0.15) is 0 Å². The lowest BCUT2D eigenvalue weighted by atomic mass is 10.2. The number of hydrogen-bond donors (Lipinski definition) is 3. The Hall–Kier alpha value is -0.650. The molecule has 0 saturated heterocycles. The van der Waals surface area contributed by atoms with Crippen molar-refractivity contribution in [1.82, 2.24) is 5.32 Å². The van der Waals surface area contributed by atoms with Gasteiger partial charge in [0.2, 0.25) is 0 Å². The van der Waals surface area contributed by atoms with Gasteiger partial charge >= 0.3 is 5.97 Å². The maximum atomic E-state index is 11.1. The van der Waals surface area contributed by atoms with Gasteiger partial charge in [-0.15, -0.1) is 0 Å². The van der Waals surface area contributed by atoms with Crippen molar-refractivity contribution in [3.8, 4) is 0 Å². The molecule has 0 saturated carbocycles. The lowest BCUT2D eigenvalue weighted by molar-refractivity contribution is -0.145. The molecule has 0 spiro atoms. The second-order valence-electron chi connectivity index (χ2n) is 2.70. The van der Waals surface area contributed by atoms with Crippen LogP contribution >= 0.6 is 0 Å². The Morgan fingerprint density at radius 3 is 2.38 bits per heavy atom. The van der Waals surface area contributed by atoms with E-state index in [9.17, 15) is 4.79 Å². The van der Waals surface area contributed by atoms with E-state index in [1.54, 1.807) is 13.8 Å². The molecule has 0 rings (SSSR count). The van der Waals surface area contributed by atoms with Crippen LogP contribution in [-0.2, 0) is 9.53 Å². The van der Waals surface area contributed by atoms with Crippen molar-refractivity contribution in [2.24, 2.45) is 0 Å². The molecule has 5 heteroatoms. The van der Waals surface area contributed by atoms with E-state index in [1.165, 1.54) is 0 Å². The average molecular weight is 191 g/mol. The van der Waals surface area contributed by atoms with Crippen LogP contribution < -0.4 is 5.32 Å². The molecule has 1 unspecified atom stereocenters. The van der Waals surface area contributed by atoms with Crippen LogP contribution in [0.1, 0.15) is 13.8 Å². The Kier molecular flexibility index (Phi) is 6.48. The van der Waals surface area contributed by atoms with Crippen LogP contribution in [0.5, 0.6) is 0 Å². The Morgan fingerprint density at radius 2 is 2.00 bits per heavy atom. The van der Waals surface area contributed by atoms with Gasteiger partial charge in [0.05, 0.1) is 25.9 Å². The van der Waals surface area contributed by atoms with Gasteiger partial charge < -0.3 is 14.9 Å². The molecule has 3 N–H and O–H groups in total. The summed E-state index contributed by atoms with van der Waals surface area (Å²) in [4.78, 5) is 11.1. The molecule has 0 heterocycles. The fraction of sp³-hybridized carbons (Fsp3) is 0.875. The van der Waals surface area contributed by atoms with Crippen molar-refractivity contribution in [3.05, 3.63) is 0 Å². The van der Waals surface area contributed by atoms with Gasteiger partial charge in [0.15, 0.2) is 0 Å². The van der Waals surface area contributed by atoms with Gasteiger partial charge in [-0.25, -0.2) is 0 Å². The normalized spacial score (nSPS) is 13.0. The first-order valence-electron chi connectivity index (χ1n) is 4.30. The highest BCUT2D eigenvalue weighted by Crippen LogP contribution is 1.90. The zero-order valence-electron chi connectivity index (χ0n) is 7.99. The molecule has 0 aromatic rings. The third-order valence-corrected chi connectivity index (χ3v) is 1.57. The predicted octanol–water partition coefficient (Wildman–Crippen LogP) is -1.12. The number of carbonyl (C=O) groups excluding carboxylic acids is 1. The molecule has 0 aromatic heterocycles. The lowest BCUT2D eigenvalue weighted by Crippen LogP contribution is -2.45. The summed E-state index contributed by atoms with van der Waals surface area (Å²) in [7, 11) is 0. The van der Waals surface area contributed by atoms with Gasteiger partial charge in [0.1, 0.15) is 6.04 Å². The fourth-order valence-electron chi connectivity index (χ4n) is 0.852. The molecule has 1 atom stereocenters. The monoisotopic (exact) mass is 191 g/mol. The van der Waals surface area contributed by atoms with Crippen molar-refractivity contribution >= 4 is 5.97 Å². The summed E-state index contributed by atoms with van der Waals surface area (Å²) in [6.45, 7) is 3.25. The molecule has 0 aliphatic carbocycles. The largest absolute Gasteiger partial charge is 0.465 e. The van der Waals surface area contributed by atoms with Gasteiger partial charge in [0, 0.05) is 0 Å². The van der Waals surface area contributed by atoms with E-state index in [1.807, 2.05) is 0 Å². The number of carbonyl (C=O) groups is 1. The van der Waals surface area contributed by atoms with Crippen LogP contribution in [0, 0.1) is 0 Å². The van der Waals surface area contributed by atoms with Crippen LogP contribution in [0.4, 0.5) is 0 Å². The van der Waals surface area contributed by atoms with Crippen molar-refractivity contribution < 1.29 is 19.7 Å². The summed E-state index contributed by atoms with van der Waals surface area (Å²) in [5.41, 5.74) is 0. The maximum Gasteiger partial charge on any atom is 0.322 e. The van der Waals surface area contributed by atoms with Crippen molar-refractivity contribution in [2.75, 3.05) is 19.8 Å². The SMILES string of the molecule is CCOC(=O)C(C)NC(CO)CO. The maximum absolute atomic E-state index is 11.1. The number of ether oxygens (including phenoxy) is 1. The average Bonchev–Trinajstić information content (AvgIpc) is 2.14. The quantitative estimate of drug-likeness (QED) is 0.463. The first kappa shape index (κ1) is 12.3. The molecule has 0 aromatic carbocycles. The molecular formula is C8H17NO4. The molecule has 0 radical (unpaired) electrons. The number of aliphatic hydroxyl groups is 2. The predicted molar refractivity (Wildman–Crippen MR) is 47.2 cm³/mol. The van der Waals surface area contributed by atoms with Crippen molar-refractivity contribution in [2.45, 2.75) is 25.9 Å². The second kappa shape index (κ2) is 6.82. The van der Waals surface area contributed by atoms with Crippen LogP contribution in [0.3, 0.4) is 0 Å². The van der Waals surface area contributed by atoms with Crippen molar-refractivity contribution in [1.29, 1.82) is 0 Å². The Bertz CT molecular complexity index is 147. The summed E-state index contributed by atoms with van der Waals surface area (Å²) >= 11 is 0. The zero-order valence-corrected chi connectivity index (χ0v) is 7.99. The first-order chi connectivity index (χ1) is 6.15. The van der Waals surface area contributed by atoms with Crippen LogP contribution in [0.25, 0.3) is 0 Å². The summed E-state index contributed by atoms with van der Waals surface area (Å²) in [5.74, 6) is -0.380. The Labute approximate surface area is 77.7 Å². The van der Waals surface area contributed by atoms with Gasteiger partial charge in [-0.05, 0) is 13.8 Å². The molecule has 0 aliphatic heterocycles. The Morgan fingerprint density at radius 1 is 1.46 bits per heavy atom. The molecule has 0 fully saturated rings. The first-order valence-corrected chi connectivity index (χ1v) is 4.30. The summed E-state index contributed by atoms with van der Waals surface area (Å²) in [6.07, 6.45) is 0. The molecule has 0 aliphatic rings. The standard InChI is InChI=1S/C8H17NO4/c1-3-13-8(12)6(2)9-7(4-10)5-11/h6-7,9-11H,3-5H2,1-2H3. The zero-order chi connectivity index (χ0) is 10.3. The van der Waals surface area contributed by atoms with E-state index in [-0.39, 0.29) is 19.2 Å². The summed E-state index contributed by atoms with van der Waals surface area (Å²) in [5, 5.41) is 20.2. The molecular weight excluding hydrogens is 174 g/mol. The van der Waals surface area contributed by atoms with Gasteiger partial charge in [0.25, 0.3) is 0 Å². The van der Waals surface area contributed by atoms with E-state index < -0.39 is 12.1 Å². The third-order valence-electron chi connectivity index (χ3n) is 1.57. The lowest BCUT2D eigenvalue weighted by Gasteiger charge is -2.18. The fourth-order valence-corrected chi connectivity index (χ4v) is 0.852. The topological polar surface area (TPSA) is 78.8 Å². The van der Waals surface area contributed by atoms with Crippen LogP contribution in [0.2, 0.25) is 0 Å². The number of aliphatic hydroxyl groups excluding tert-OH is 2. The highest BCUT2D eigenvalue weighted by molar-refractivity contribution is 5.75. The Balaban J connectivity index is 3.82. The summed E-state index contributed by atoms with van der Waals surface area (Å²) < 4.78 is 4.73. The third kappa shape index (κ3) is 4.82. The minimum Gasteiger partial charge on any atom is -0.465 e. The number of esters is 1. The second-order valence-corrected chi connectivity index (χ2v) is 2.70. The minimum atomic E-state index is -0.510. The molecule has 5 nitrogen and oxygen atoms in total. The van der Waals surface area contributed by atoms with Gasteiger partial charge in [-0.1, -0.05) is 0 Å². The summed E-state index contributed by atoms with van der Waals surface area (Å²) in [6, 6.07) is -0.983. The molecule has 0 amide bonds. The van der Waals surface area contributed by atoms with Crippen LogP contribution in [0.15, 0.2) is 0 Å². The minimum absolute atomic E-state index is 0.208.